The van der Waals surface area contributed by atoms with E-state index in [0.717, 1.165) is 0 Å². The number of hydrogen-bond donors (Lipinski definition) is 1. The van der Waals surface area contributed by atoms with E-state index in [1.54, 1.807) is 18.3 Å². The Morgan fingerprint density at radius 3 is 2.93 bits per heavy atom. The molecule has 15 heavy (non-hydrogen) atoms. The van der Waals surface area contributed by atoms with Gasteiger partial charge in [0.2, 0.25) is 0 Å². The summed E-state index contributed by atoms with van der Waals surface area (Å²) in [5.41, 5.74) is 5.79. The number of aromatic nitrogens is 1. The first-order valence-electron chi connectivity index (χ1n) is 4.64. The fourth-order valence-electron chi connectivity index (χ4n) is 1.23. The van der Waals surface area contributed by atoms with Gasteiger partial charge < -0.3 is 15.0 Å². The second kappa shape index (κ2) is 5.31. The Balaban J connectivity index is 2.78. The summed E-state index contributed by atoms with van der Waals surface area (Å²) in [5, 5.41) is 0. The van der Waals surface area contributed by atoms with E-state index in [2.05, 4.69) is 4.74 Å². The van der Waals surface area contributed by atoms with Crippen molar-refractivity contribution in [1.82, 2.24) is 4.57 Å². The molecule has 0 unspecified atom stereocenters. The highest BCUT2D eigenvalue weighted by atomic mass is 16.5. The lowest BCUT2D eigenvalue weighted by Gasteiger charge is -2.05. The van der Waals surface area contributed by atoms with Crippen molar-refractivity contribution in [3.63, 3.8) is 0 Å². The third kappa shape index (κ3) is 2.92. The summed E-state index contributed by atoms with van der Waals surface area (Å²) in [6, 6.07) is 3.41. The van der Waals surface area contributed by atoms with Crippen LogP contribution in [-0.4, -0.2) is 17.6 Å². The van der Waals surface area contributed by atoms with E-state index in [1.165, 1.54) is 11.7 Å². The van der Waals surface area contributed by atoms with Gasteiger partial charge in [0.15, 0.2) is 0 Å². The first-order valence-corrected chi connectivity index (χ1v) is 4.64. The van der Waals surface area contributed by atoms with Gasteiger partial charge in [-0.1, -0.05) is 6.07 Å². The molecule has 0 atom stereocenters. The van der Waals surface area contributed by atoms with Crippen molar-refractivity contribution in [2.75, 3.05) is 7.11 Å². The topological polar surface area (TPSA) is 74.3 Å². The SMILES string of the molecule is COC(=O)CCn1cccc(CN)c1=O. The maximum Gasteiger partial charge on any atom is 0.307 e. The predicted octanol–water partition coefficient (Wildman–Crippen LogP) is -0.130. The van der Waals surface area contributed by atoms with Crippen LogP contribution in [0.4, 0.5) is 0 Å². The molecule has 0 radical (unpaired) electrons. The van der Waals surface area contributed by atoms with Crippen LogP contribution >= 0.6 is 0 Å². The van der Waals surface area contributed by atoms with Crippen molar-refractivity contribution in [3.05, 3.63) is 34.2 Å². The van der Waals surface area contributed by atoms with Gasteiger partial charge in [-0.15, -0.1) is 0 Å². The number of hydrogen-bond acceptors (Lipinski definition) is 4. The zero-order valence-electron chi connectivity index (χ0n) is 8.60. The molecule has 1 aromatic heterocycles. The normalized spacial score (nSPS) is 10.0. The molecule has 0 amide bonds. The van der Waals surface area contributed by atoms with Crippen molar-refractivity contribution in [1.29, 1.82) is 0 Å². The van der Waals surface area contributed by atoms with E-state index in [4.69, 9.17) is 5.73 Å². The molecule has 0 aliphatic rings. The Kier molecular flexibility index (Phi) is 4.05. The number of esters is 1. The maximum absolute atomic E-state index is 11.6. The first-order chi connectivity index (χ1) is 7.19. The molecule has 0 spiro atoms. The monoisotopic (exact) mass is 210 g/mol. The van der Waals surface area contributed by atoms with Gasteiger partial charge in [-0.3, -0.25) is 9.59 Å². The van der Waals surface area contributed by atoms with Crippen LogP contribution in [0.5, 0.6) is 0 Å². The van der Waals surface area contributed by atoms with E-state index < -0.39 is 0 Å². The lowest BCUT2D eigenvalue weighted by Crippen LogP contribution is -2.25. The van der Waals surface area contributed by atoms with E-state index >= 15 is 0 Å². The molecule has 1 rings (SSSR count). The van der Waals surface area contributed by atoms with E-state index in [9.17, 15) is 9.59 Å². The summed E-state index contributed by atoms with van der Waals surface area (Å²) in [6.45, 7) is 0.525. The number of aryl methyl sites for hydroxylation is 1. The average molecular weight is 210 g/mol. The molecular formula is C10H14N2O3. The molecule has 0 saturated carbocycles. The van der Waals surface area contributed by atoms with Crippen molar-refractivity contribution < 1.29 is 9.53 Å². The largest absolute Gasteiger partial charge is 0.469 e. The smallest absolute Gasteiger partial charge is 0.307 e. The van der Waals surface area contributed by atoms with Gasteiger partial charge >= 0.3 is 5.97 Å². The molecule has 0 aliphatic heterocycles. The third-order valence-electron chi connectivity index (χ3n) is 2.10. The fourth-order valence-corrected chi connectivity index (χ4v) is 1.23. The highest BCUT2D eigenvalue weighted by Gasteiger charge is 2.04. The Hall–Kier alpha value is -1.62. The summed E-state index contributed by atoms with van der Waals surface area (Å²) in [7, 11) is 1.32. The van der Waals surface area contributed by atoms with Gasteiger partial charge in [0.25, 0.3) is 5.56 Å². The molecule has 0 aliphatic carbocycles. The number of nitrogens with two attached hydrogens (primary N) is 1. The molecule has 0 bridgehead atoms. The summed E-state index contributed by atoms with van der Waals surface area (Å²) in [4.78, 5) is 22.5. The van der Waals surface area contributed by atoms with Crippen molar-refractivity contribution in [2.45, 2.75) is 19.5 Å². The molecular weight excluding hydrogens is 196 g/mol. The Morgan fingerprint density at radius 1 is 1.60 bits per heavy atom. The number of rotatable bonds is 4. The highest BCUT2D eigenvalue weighted by molar-refractivity contribution is 5.68. The lowest BCUT2D eigenvalue weighted by atomic mass is 10.2. The molecule has 1 heterocycles. The van der Waals surface area contributed by atoms with Crippen LogP contribution in [0, 0.1) is 0 Å². The maximum atomic E-state index is 11.6. The van der Waals surface area contributed by atoms with Gasteiger partial charge in [-0.25, -0.2) is 0 Å². The Morgan fingerprint density at radius 2 is 2.33 bits per heavy atom. The van der Waals surface area contributed by atoms with Crippen LogP contribution in [0.3, 0.4) is 0 Å². The zero-order chi connectivity index (χ0) is 11.3. The second-order valence-electron chi connectivity index (χ2n) is 3.06. The molecule has 1 aromatic rings. The number of carbonyl (C=O) groups is 1. The molecule has 0 aromatic carbocycles. The number of carbonyl (C=O) groups excluding carboxylic acids is 1. The van der Waals surface area contributed by atoms with Crippen molar-refractivity contribution in [2.24, 2.45) is 5.73 Å². The van der Waals surface area contributed by atoms with E-state index in [0.29, 0.717) is 12.1 Å². The van der Waals surface area contributed by atoms with Gasteiger partial charge in [-0.05, 0) is 6.07 Å². The molecule has 0 saturated heterocycles. The van der Waals surface area contributed by atoms with Gasteiger partial charge in [0, 0.05) is 24.8 Å². The molecule has 5 heteroatoms. The zero-order valence-corrected chi connectivity index (χ0v) is 8.60. The van der Waals surface area contributed by atoms with Crippen LogP contribution in [-0.2, 0) is 22.6 Å². The summed E-state index contributed by atoms with van der Waals surface area (Å²) in [5.74, 6) is -0.333. The van der Waals surface area contributed by atoms with Gasteiger partial charge in [-0.2, -0.15) is 0 Å². The third-order valence-corrected chi connectivity index (χ3v) is 2.10. The minimum absolute atomic E-state index is 0.149. The Bertz CT molecular complexity index is 398. The fraction of sp³-hybridized carbons (Fsp3) is 0.400. The number of nitrogens with zero attached hydrogens (tertiary/aromatic N) is 1. The number of methoxy groups -OCH3 is 1. The van der Waals surface area contributed by atoms with Gasteiger partial charge in [0.1, 0.15) is 0 Å². The Labute approximate surface area is 87.5 Å². The van der Waals surface area contributed by atoms with E-state index in [1.807, 2.05) is 0 Å². The molecule has 5 nitrogen and oxygen atoms in total. The standard InChI is InChI=1S/C10H14N2O3/c1-15-9(13)4-6-12-5-2-3-8(7-11)10(12)14/h2-3,5H,4,6-7,11H2,1H3. The van der Waals surface area contributed by atoms with Crippen molar-refractivity contribution >= 4 is 5.97 Å². The minimum atomic E-state index is -0.333. The molecule has 82 valence electrons. The quantitative estimate of drug-likeness (QED) is 0.702. The van der Waals surface area contributed by atoms with Crippen LogP contribution in [0.25, 0.3) is 0 Å². The average Bonchev–Trinajstić information content (AvgIpc) is 2.27. The molecule has 2 N–H and O–H groups in total. The summed E-state index contributed by atoms with van der Waals surface area (Å²) < 4.78 is 5.95. The predicted molar refractivity (Wildman–Crippen MR) is 55.2 cm³/mol. The van der Waals surface area contributed by atoms with Crippen LogP contribution in [0.15, 0.2) is 23.1 Å². The number of ether oxygens (including phenoxy) is 1. The summed E-state index contributed by atoms with van der Waals surface area (Å²) in [6.07, 6.45) is 1.81. The summed E-state index contributed by atoms with van der Waals surface area (Å²) >= 11 is 0. The lowest BCUT2D eigenvalue weighted by molar-refractivity contribution is -0.140. The van der Waals surface area contributed by atoms with Crippen LogP contribution < -0.4 is 11.3 Å². The van der Waals surface area contributed by atoms with Crippen molar-refractivity contribution in [3.8, 4) is 0 Å². The van der Waals surface area contributed by atoms with Crippen LogP contribution in [0.2, 0.25) is 0 Å². The molecule has 0 fully saturated rings. The first kappa shape index (κ1) is 11.5. The number of pyridine rings is 1. The highest BCUT2D eigenvalue weighted by Crippen LogP contribution is 1.93. The van der Waals surface area contributed by atoms with E-state index in [-0.39, 0.29) is 24.5 Å². The van der Waals surface area contributed by atoms with Gasteiger partial charge in [0.05, 0.1) is 13.5 Å². The minimum Gasteiger partial charge on any atom is -0.469 e. The van der Waals surface area contributed by atoms with Crippen LogP contribution in [0.1, 0.15) is 12.0 Å². The second-order valence-corrected chi connectivity index (χ2v) is 3.06.